The highest BCUT2D eigenvalue weighted by Gasteiger charge is 2.15. The molecular formula is C11H23NO2. The zero-order chi connectivity index (χ0) is 10.2. The highest BCUT2D eigenvalue weighted by atomic mass is 16.5. The average molecular weight is 201 g/mol. The smallest absolute Gasteiger partial charge is 0.0808 e. The van der Waals surface area contributed by atoms with Crippen molar-refractivity contribution in [3.8, 4) is 0 Å². The summed E-state index contributed by atoms with van der Waals surface area (Å²) in [6, 6.07) is 0. The standard InChI is InChI=1S/C11H23NO2/c1-2-5-10(8-12)14-9-11-6-3-4-7-13-11/h10-11H,2-9,12H2,1H3. The summed E-state index contributed by atoms with van der Waals surface area (Å²) in [6.45, 7) is 4.40. The lowest BCUT2D eigenvalue weighted by Crippen LogP contribution is -2.30. The molecule has 0 aliphatic carbocycles. The maximum absolute atomic E-state index is 5.72. The first kappa shape index (κ1) is 12.0. The molecule has 0 saturated carbocycles. The van der Waals surface area contributed by atoms with Crippen LogP contribution in [0.15, 0.2) is 0 Å². The molecule has 3 heteroatoms. The van der Waals surface area contributed by atoms with Crippen molar-refractivity contribution in [1.29, 1.82) is 0 Å². The Bertz CT molecular complexity index is 130. The van der Waals surface area contributed by atoms with Crippen molar-refractivity contribution in [3.05, 3.63) is 0 Å². The van der Waals surface area contributed by atoms with Crippen LogP contribution in [0.25, 0.3) is 0 Å². The Balaban J connectivity index is 2.10. The van der Waals surface area contributed by atoms with Gasteiger partial charge in [0.2, 0.25) is 0 Å². The molecule has 14 heavy (non-hydrogen) atoms. The second-order valence-electron chi connectivity index (χ2n) is 3.97. The van der Waals surface area contributed by atoms with Crippen LogP contribution in [0.3, 0.4) is 0 Å². The fourth-order valence-corrected chi connectivity index (χ4v) is 1.77. The third kappa shape index (κ3) is 4.40. The lowest BCUT2D eigenvalue weighted by molar-refractivity contribution is -0.0623. The first-order valence-electron chi connectivity index (χ1n) is 5.80. The highest BCUT2D eigenvalue weighted by molar-refractivity contribution is 4.65. The van der Waals surface area contributed by atoms with Gasteiger partial charge in [-0.3, -0.25) is 0 Å². The minimum atomic E-state index is 0.227. The minimum Gasteiger partial charge on any atom is -0.376 e. The fraction of sp³-hybridized carbons (Fsp3) is 1.00. The van der Waals surface area contributed by atoms with Gasteiger partial charge in [0, 0.05) is 13.2 Å². The van der Waals surface area contributed by atoms with Crippen LogP contribution in [0, 0.1) is 0 Å². The van der Waals surface area contributed by atoms with Gasteiger partial charge in [0.25, 0.3) is 0 Å². The van der Waals surface area contributed by atoms with E-state index in [1.165, 1.54) is 12.8 Å². The van der Waals surface area contributed by atoms with E-state index in [9.17, 15) is 0 Å². The van der Waals surface area contributed by atoms with E-state index in [2.05, 4.69) is 6.92 Å². The summed E-state index contributed by atoms with van der Waals surface area (Å²) in [7, 11) is 0. The second kappa shape index (κ2) is 7.21. The summed E-state index contributed by atoms with van der Waals surface area (Å²) in [4.78, 5) is 0. The Labute approximate surface area is 86.9 Å². The molecule has 1 heterocycles. The van der Waals surface area contributed by atoms with Crippen molar-refractivity contribution >= 4 is 0 Å². The van der Waals surface area contributed by atoms with E-state index in [1.54, 1.807) is 0 Å². The van der Waals surface area contributed by atoms with Gasteiger partial charge in [0.05, 0.1) is 18.8 Å². The predicted molar refractivity (Wildman–Crippen MR) is 57.3 cm³/mol. The molecule has 2 unspecified atom stereocenters. The number of hydrogen-bond donors (Lipinski definition) is 1. The van der Waals surface area contributed by atoms with Crippen molar-refractivity contribution in [3.63, 3.8) is 0 Å². The van der Waals surface area contributed by atoms with Gasteiger partial charge in [-0.15, -0.1) is 0 Å². The number of rotatable bonds is 6. The molecule has 0 radical (unpaired) electrons. The quantitative estimate of drug-likeness (QED) is 0.711. The van der Waals surface area contributed by atoms with Crippen LogP contribution in [-0.2, 0) is 9.47 Å². The molecule has 2 N–H and O–H groups in total. The largest absolute Gasteiger partial charge is 0.376 e. The highest BCUT2D eigenvalue weighted by Crippen LogP contribution is 2.14. The molecule has 0 spiro atoms. The molecule has 0 amide bonds. The molecule has 1 aliphatic heterocycles. The van der Waals surface area contributed by atoms with Gasteiger partial charge >= 0.3 is 0 Å². The van der Waals surface area contributed by atoms with Crippen molar-refractivity contribution < 1.29 is 9.47 Å². The van der Waals surface area contributed by atoms with Crippen LogP contribution in [0.4, 0.5) is 0 Å². The van der Waals surface area contributed by atoms with E-state index in [4.69, 9.17) is 15.2 Å². The molecule has 3 nitrogen and oxygen atoms in total. The SMILES string of the molecule is CCCC(CN)OCC1CCCCO1. The van der Waals surface area contributed by atoms with Gasteiger partial charge in [-0.05, 0) is 25.7 Å². The number of hydrogen-bond acceptors (Lipinski definition) is 3. The zero-order valence-corrected chi connectivity index (χ0v) is 9.21. The molecule has 1 fully saturated rings. The third-order valence-electron chi connectivity index (χ3n) is 2.67. The van der Waals surface area contributed by atoms with E-state index >= 15 is 0 Å². The van der Waals surface area contributed by atoms with Crippen molar-refractivity contribution in [2.75, 3.05) is 19.8 Å². The van der Waals surface area contributed by atoms with E-state index in [-0.39, 0.29) is 6.10 Å². The van der Waals surface area contributed by atoms with E-state index in [0.717, 1.165) is 32.5 Å². The Hall–Kier alpha value is -0.120. The topological polar surface area (TPSA) is 44.5 Å². The van der Waals surface area contributed by atoms with Gasteiger partial charge in [0.15, 0.2) is 0 Å². The van der Waals surface area contributed by atoms with Gasteiger partial charge in [-0.25, -0.2) is 0 Å². The second-order valence-corrected chi connectivity index (χ2v) is 3.97. The van der Waals surface area contributed by atoms with Crippen LogP contribution in [0.2, 0.25) is 0 Å². The summed E-state index contributed by atoms with van der Waals surface area (Å²) in [5, 5.41) is 0. The van der Waals surface area contributed by atoms with Gasteiger partial charge < -0.3 is 15.2 Å². The lowest BCUT2D eigenvalue weighted by atomic mass is 10.1. The summed E-state index contributed by atoms with van der Waals surface area (Å²) >= 11 is 0. The van der Waals surface area contributed by atoms with Crippen molar-refractivity contribution in [2.45, 2.75) is 51.2 Å². The van der Waals surface area contributed by atoms with Crippen LogP contribution in [0.1, 0.15) is 39.0 Å². The molecular weight excluding hydrogens is 178 g/mol. The lowest BCUT2D eigenvalue weighted by Gasteiger charge is -2.24. The molecule has 0 bridgehead atoms. The van der Waals surface area contributed by atoms with Gasteiger partial charge in [-0.2, -0.15) is 0 Å². The molecule has 1 saturated heterocycles. The fourth-order valence-electron chi connectivity index (χ4n) is 1.77. The number of nitrogens with two attached hydrogens (primary N) is 1. The van der Waals surface area contributed by atoms with Crippen molar-refractivity contribution in [2.24, 2.45) is 5.73 Å². The van der Waals surface area contributed by atoms with E-state index in [0.29, 0.717) is 12.6 Å². The molecule has 1 rings (SSSR count). The minimum absolute atomic E-state index is 0.227. The Morgan fingerprint density at radius 3 is 2.93 bits per heavy atom. The molecule has 1 aliphatic rings. The zero-order valence-electron chi connectivity index (χ0n) is 9.21. The summed E-state index contributed by atoms with van der Waals surface area (Å²) < 4.78 is 11.3. The van der Waals surface area contributed by atoms with Crippen LogP contribution >= 0.6 is 0 Å². The summed E-state index contributed by atoms with van der Waals surface area (Å²) in [5.41, 5.74) is 5.61. The average Bonchev–Trinajstić information content (AvgIpc) is 2.25. The Morgan fingerprint density at radius 2 is 2.36 bits per heavy atom. The molecule has 2 atom stereocenters. The van der Waals surface area contributed by atoms with Crippen LogP contribution < -0.4 is 5.73 Å². The molecule has 84 valence electrons. The number of ether oxygens (including phenoxy) is 2. The summed E-state index contributed by atoms with van der Waals surface area (Å²) in [6.07, 6.45) is 6.35. The Morgan fingerprint density at radius 1 is 1.50 bits per heavy atom. The van der Waals surface area contributed by atoms with Crippen LogP contribution in [0.5, 0.6) is 0 Å². The van der Waals surface area contributed by atoms with E-state index < -0.39 is 0 Å². The van der Waals surface area contributed by atoms with Gasteiger partial charge in [-0.1, -0.05) is 13.3 Å². The maximum atomic E-state index is 5.72. The summed E-state index contributed by atoms with van der Waals surface area (Å²) in [5.74, 6) is 0. The monoisotopic (exact) mass is 201 g/mol. The first-order chi connectivity index (χ1) is 6.86. The van der Waals surface area contributed by atoms with Crippen LogP contribution in [-0.4, -0.2) is 32.0 Å². The van der Waals surface area contributed by atoms with E-state index in [1.807, 2.05) is 0 Å². The maximum Gasteiger partial charge on any atom is 0.0808 e. The van der Waals surface area contributed by atoms with Crippen molar-refractivity contribution in [1.82, 2.24) is 0 Å². The first-order valence-corrected chi connectivity index (χ1v) is 5.80. The molecule has 0 aromatic carbocycles. The molecule has 0 aromatic heterocycles. The normalized spacial score (nSPS) is 24.9. The Kier molecular flexibility index (Phi) is 6.15. The molecule has 0 aromatic rings. The third-order valence-corrected chi connectivity index (χ3v) is 2.67. The van der Waals surface area contributed by atoms with Gasteiger partial charge in [0.1, 0.15) is 0 Å². The predicted octanol–water partition coefficient (Wildman–Crippen LogP) is 1.70.